The van der Waals surface area contributed by atoms with Crippen molar-refractivity contribution in [1.82, 2.24) is 14.5 Å². The summed E-state index contributed by atoms with van der Waals surface area (Å²) in [6, 6.07) is 12.9. The maximum absolute atomic E-state index is 12.6. The Kier molecular flexibility index (Phi) is 7.90. The van der Waals surface area contributed by atoms with E-state index in [9.17, 15) is 4.79 Å². The molecule has 3 aromatic rings. The van der Waals surface area contributed by atoms with Crippen LogP contribution in [0.15, 0.2) is 47.5 Å². The molecule has 0 bridgehead atoms. The second kappa shape index (κ2) is 11.1. The Hall–Kier alpha value is -3.13. The molecule has 184 valence electrons. The molecule has 2 aromatic carbocycles. The number of nitrogens with zero attached hydrogens (tertiary/aromatic N) is 5. The Balaban J connectivity index is 1.40. The van der Waals surface area contributed by atoms with Gasteiger partial charge in [0.1, 0.15) is 5.75 Å². The molecule has 35 heavy (non-hydrogen) atoms. The minimum atomic E-state index is -0.310. The van der Waals surface area contributed by atoms with Crippen LogP contribution in [0.25, 0.3) is 0 Å². The third-order valence-electron chi connectivity index (χ3n) is 5.95. The van der Waals surface area contributed by atoms with Gasteiger partial charge in [-0.15, -0.1) is 0 Å². The number of methoxy groups -OCH3 is 1. The van der Waals surface area contributed by atoms with Gasteiger partial charge < -0.3 is 25.2 Å². The Labute approximate surface area is 212 Å². The van der Waals surface area contributed by atoms with Crippen LogP contribution in [0.2, 0.25) is 5.02 Å². The minimum Gasteiger partial charge on any atom is -0.495 e. The van der Waals surface area contributed by atoms with Crippen LogP contribution >= 0.6 is 21.0 Å². The van der Waals surface area contributed by atoms with E-state index < -0.39 is 0 Å². The van der Waals surface area contributed by atoms with Crippen molar-refractivity contribution in [3.05, 3.63) is 58.7 Å². The highest BCUT2D eigenvalue weighted by atomic mass is 35.5. The third-order valence-corrected chi connectivity index (χ3v) is 6.69. The molecule has 2 N–H and O–H groups in total. The summed E-state index contributed by atoms with van der Waals surface area (Å²) in [7, 11) is 6.20. The van der Waals surface area contributed by atoms with Gasteiger partial charge in [-0.1, -0.05) is 11.6 Å². The van der Waals surface area contributed by atoms with Crippen molar-refractivity contribution >= 4 is 56.5 Å². The van der Waals surface area contributed by atoms with Crippen LogP contribution < -0.4 is 20.3 Å². The van der Waals surface area contributed by atoms with Crippen molar-refractivity contribution in [3.8, 4) is 5.75 Å². The number of piperazine rings is 1. The molecule has 1 aromatic heterocycles. The topological polar surface area (TPSA) is 87.0 Å². The molecule has 1 atom stereocenters. The molecule has 0 radical (unpaired) electrons. The van der Waals surface area contributed by atoms with Gasteiger partial charge in [-0.2, -0.15) is 5.10 Å². The van der Waals surface area contributed by atoms with E-state index in [1.807, 2.05) is 12.1 Å². The molecule has 4 rings (SSSR count). The van der Waals surface area contributed by atoms with Crippen molar-refractivity contribution in [3.63, 3.8) is 0 Å². The molecule has 1 fully saturated rings. The highest BCUT2D eigenvalue weighted by Gasteiger charge is 2.16. The monoisotopic (exact) mass is 513 g/mol. The number of carbonyl (C=O) groups is 1. The first-order valence-corrected chi connectivity index (χ1v) is 12.0. The number of aromatic nitrogens is 2. The molecule has 1 amide bonds. The number of nitrogens with one attached hydrogen (secondary N) is 2. The molecule has 0 aliphatic carbocycles. The van der Waals surface area contributed by atoms with E-state index >= 15 is 0 Å². The lowest BCUT2D eigenvalue weighted by molar-refractivity contribution is 0.102. The number of ether oxygens (including phenoxy) is 1. The summed E-state index contributed by atoms with van der Waals surface area (Å²) < 4.78 is 6.78. The average Bonchev–Trinajstić information content (AvgIpc) is 3.21. The summed E-state index contributed by atoms with van der Waals surface area (Å²) in [5, 5.41) is 10.9. The van der Waals surface area contributed by atoms with Crippen molar-refractivity contribution in [1.29, 1.82) is 0 Å². The molecule has 1 saturated heterocycles. The molecule has 1 aliphatic heterocycles. The van der Waals surface area contributed by atoms with Crippen molar-refractivity contribution in [2.24, 2.45) is 4.99 Å². The Morgan fingerprint density at radius 1 is 1.20 bits per heavy atom. The van der Waals surface area contributed by atoms with Gasteiger partial charge in [-0.05, 0) is 59.6 Å². The predicted octanol–water partition coefficient (Wildman–Crippen LogP) is 4.13. The number of carbonyl (C=O) groups excluding carboxylic acids is 1. The normalized spacial score (nSPS) is 14.0. The van der Waals surface area contributed by atoms with Crippen LogP contribution in [0.3, 0.4) is 0 Å². The van der Waals surface area contributed by atoms with E-state index in [2.05, 4.69) is 65.8 Å². The number of benzene rings is 2. The fourth-order valence-corrected chi connectivity index (χ4v) is 4.42. The minimum absolute atomic E-state index is 0.310. The first kappa shape index (κ1) is 25.0. The maximum atomic E-state index is 12.6. The van der Waals surface area contributed by atoms with Gasteiger partial charge in [0.2, 0.25) is 0 Å². The summed E-state index contributed by atoms with van der Waals surface area (Å²) in [5.74, 6) is 0.631. The van der Waals surface area contributed by atoms with E-state index in [1.54, 1.807) is 22.7 Å². The second-order valence-corrected chi connectivity index (χ2v) is 9.17. The van der Waals surface area contributed by atoms with Gasteiger partial charge >= 0.3 is 0 Å². The number of hydrogen-bond donors (Lipinski definition) is 2. The molecule has 0 saturated carbocycles. The number of hydrogen-bond acceptors (Lipinski definition) is 7. The summed E-state index contributed by atoms with van der Waals surface area (Å²) in [5.41, 5.74) is 4.08. The van der Waals surface area contributed by atoms with Crippen LogP contribution in [0.5, 0.6) is 5.75 Å². The lowest BCUT2D eigenvalue weighted by Gasteiger charge is -2.34. The standard InChI is InChI=1S/C24H29ClN7O2P/c1-26-21-13-17(31-10-8-30(2)9-11-31)5-6-20(21)27-15-18-14-23(29-32(18)35)28-24(33)16-4-7-22(34-3)19(25)12-16/h4-7,12-14,27H,1,8-11,15,35H2,2-3H3,(H,28,29,33). The Bertz CT molecular complexity index is 1220. The Morgan fingerprint density at radius 2 is 1.97 bits per heavy atom. The number of halogens is 1. The zero-order valence-electron chi connectivity index (χ0n) is 19.8. The van der Waals surface area contributed by atoms with E-state index in [1.165, 1.54) is 7.11 Å². The summed E-state index contributed by atoms with van der Waals surface area (Å²) >= 11 is 6.14. The largest absolute Gasteiger partial charge is 0.495 e. The first-order chi connectivity index (χ1) is 16.9. The van der Waals surface area contributed by atoms with E-state index in [4.69, 9.17) is 16.3 Å². The number of anilines is 3. The van der Waals surface area contributed by atoms with Gasteiger partial charge in [0.15, 0.2) is 5.82 Å². The maximum Gasteiger partial charge on any atom is 0.256 e. The van der Waals surface area contributed by atoms with Crippen LogP contribution in [0, 0.1) is 0 Å². The second-order valence-electron chi connectivity index (χ2n) is 8.27. The summed E-state index contributed by atoms with van der Waals surface area (Å²) in [6.07, 6.45) is 0. The molecule has 9 nitrogen and oxygen atoms in total. The quantitative estimate of drug-likeness (QED) is 0.348. The highest BCUT2D eigenvalue weighted by Crippen LogP contribution is 2.31. The van der Waals surface area contributed by atoms with Crippen LogP contribution in [-0.4, -0.2) is 67.4 Å². The predicted molar refractivity (Wildman–Crippen MR) is 146 cm³/mol. The van der Waals surface area contributed by atoms with Crippen LogP contribution in [0.1, 0.15) is 16.1 Å². The molecule has 1 unspecified atom stereocenters. The number of amides is 1. The van der Waals surface area contributed by atoms with Gasteiger partial charge in [0.05, 0.1) is 35.7 Å². The number of likely N-dealkylation sites (N-methyl/N-ethyl adjacent to an activating group) is 1. The molecular formula is C24H29ClN7O2P. The highest BCUT2D eigenvalue weighted by molar-refractivity contribution is 7.14. The molecular weight excluding hydrogens is 485 g/mol. The molecule has 2 heterocycles. The molecule has 0 spiro atoms. The lowest BCUT2D eigenvalue weighted by Crippen LogP contribution is -2.44. The summed E-state index contributed by atoms with van der Waals surface area (Å²) in [6.45, 7) is 8.29. The Morgan fingerprint density at radius 3 is 2.66 bits per heavy atom. The first-order valence-electron chi connectivity index (χ1n) is 11.1. The fourth-order valence-electron chi connectivity index (χ4n) is 3.87. The van der Waals surface area contributed by atoms with E-state index in [0.717, 1.165) is 48.9 Å². The molecule has 1 aliphatic rings. The lowest BCUT2D eigenvalue weighted by atomic mass is 10.2. The SMILES string of the molecule is C=Nc1cc(N2CCN(C)CC2)ccc1NCc1cc(NC(=O)c2ccc(OC)c(Cl)c2)nn1P. The van der Waals surface area contributed by atoms with Gasteiger partial charge in [0, 0.05) is 43.5 Å². The van der Waals surface area contributed by atoms with E-state index in [-0.39, 0.29) is 5.91 Å². The third kappa shape index (κ3) is 5.93. The average molecular weight is 514 g/mol. The smallest absolute Gasteiger partial charge is 0.256 e. The van der Waals surface area contributed by atoms with Crippen LogP contribution in [0.4, 0.5) is 22.9 Å². The van der Waals surface area contributed by atoms with Crippen molar-refractivity contribution in [2.45, 2.75) is 6.54 Å². The summed E-state index contributed by atoms with van der Waals surface area (Å²) in [4.78, 5) is 21.5. The van der Waals surface area contributed by atoms with Crippen molar-refractivity contribution in [2.75, 3.05) is 55.9 Å². The van der Waals surface area contributed by atoms with E-state index in [0.29, 0.717) is 28.7 Å². The van der Waals surface area contributed by atoms with Crippen molar-refractivity contribution < 1.29 is 9.53 Å². The molecule has 11 heteroatoms. The fraction of sp³-hybridized carbons (Fsp3) is 0.292. The van der Waals surface area contributed by atoms with Gasteiger partial charge in [-0.25, -0.2) is 0 Å². The number of aliphatic imine (C=N–C) groups is 1. The van der Waals surface area contributed by atoms with Gasteiger partial charge in [-0.3, -0.25) is 14.2 Å². The van der Waals surface area contributed by atoms with Crippen LogP contribution in [-0.2, 0) is 6.54 Å². The zero-order chi connectivity index (χ0) is 24.9. The number of rotatable bonds is 8. The van der Waals surface area contributed by atoms with Gasteiger partial charge in [0.25, 0.3) is 5.91 Å². The zero-order valence-corrected chi connectivity index (χ0v) is 21.7.